The summed E-state index contributed by atoms with van der Waals surface area (Å²) in [6.45, 7) is 6.00. The van der Waals surface area contributed by atoms with Gasteiger partial charge in [-0.3, -0.25) is 9.78 Å². The Labute approximate surface area is 141 Å². The molecule has 0 N–H and O–H groups in total. The summed E-state index contributed by atoms with van der Waals surface area (Å²) in [5, 5.41) is 3.35. The van der Waals surface area contributed by atoms with Crippen molar-refractivity contribution in [2.24, 2.45) is 0 Å². The monoisotopic (exact) mass is 329 g/mol. The molecule has 23 heavy (non-hydrogen) atoms. The van der Waals surface area contributed by atoms with Crippen molar-refractivity contribution in [2.75, 3.05) is 13.1 Å². The molecule has 0 saturated carbocycles. The van der Waals surface area contributed by atoms with Crippen LogP contribution < -0.4 is 0 Å². The first-order valence-electron chi connectivity index (χ1n) is 8.25. The third-order valence-corrected chi connectivity index (χ3v) is 5.36. The van der Waals surface area contributed by atoms with E-state index in [9.17, 15) is 4.79 Å². The van der Waals surface area contributed by atoms with Gasteiger partial charge in [0.1, 0.15) is 0 Å². The number of thiazole rings is 1. The molecule has 4 nitrogen and oxygen atoms in total. The molecule has 3 heterocycles. The zero-order valence-electron chi connectivity index (χ0n) is 13.7. The van der Waals surface area contributed by atoms with Gasteiger partial charge in [0.05, 0.1) is 17.1 Å². The third-order valence-electron chi connectivity index (χ3n) is 4.33. The lowest BCUT2D eigenvalue weighted by Gasteiger charge is -2.32. The molecule has 2 aromatic rings. The summed E-state index contributed by atoms with van der Waals surface area (Å²) < 4.78 is 0. The van der Waals surface area contributed by atoms with Gasteiger partial charge in [-0.05, 0) is 30.4 Å². The molecule has 1 aliphatic rings. The van der Waals surface area contributed by atoms with Crippen LogP contribution in [0.5, 0.6) is 0 Å². The molecular formula is C18H23N3OS. The van der Waals surface area contributed by atoms with Crippen LogP contribution in [0.1, 0.15) is 54.8 Å². The molecular weight excluding hydrogens is 306 g/mol. The zero-order chi connectivity index (χ0) is 16.2. The van der Waals surface area contributed by atoms with Gasteiger partial charge < -0.3 is 4.90 Å². The average molecular weight is 329 g/mol. The van der Waals surface area contributed by atoms with Crippen molar-refractivity contribution in [3.63, 3.8) is 0 Å². The fourth-order valence-electron chi connectivity index (χ4n) is 2.95. The second kappa shape index (κ2) is 7.21. The SMILES string of the molecule is CC(C)c1csc([C@@H]2CCCN(C(=O)Cc3cccnc3)C2)n1. The normalized spacial score (nSPS) is 18.4. The van der Waals surface area contributed by atoms with Gasteiger partial charge in [-0.1, -0.05) is 19.9 Å². The number of nitrogens with zero attached hydrogens (tertiary/aromatic N) is 3. The van der Waals surface area contributed by atoms with Crippen LogP contribution in [-0.4, -0.2) is 33.9 Å². The number of aromatic nitrogens is 2. The minimum Gasteiger partial charge on any atom is -0.342 e. The van der Waals surface area contributed by atoms with Crippen LogP contribution in [0, 0.1) is 0 Å². The lowest BCUT2D eigenvalue weighted by Crippen LogP contribution is -2.39. The molecule has 0 aliphatic carbocycles. The molecule has 3 rings (SSSR count). The van der Waals surface area contributed by atoms with Crippen LogP contribution in [-0.2, 0) is 11.2 Å². The van der Waals surface area contributed by atoms with Crippen molar-refractivity contribution in [1.29, 1.82) is 0 Å². The van der Waals surface area contributed by atoms with Gasteiger partial charge in [-0.25, -0.2) is 4.98 Å². The highest BCUT2D eigenvalue weighted by molar-refractivity contribution is 7.09. The van der Waals surface area contributed by atoms with E-state index in [-0.39, 0.29) is 5.91 Å². The maximum atomic E-state index is 12.5. The lowest BCUT2D eigenvalue weighted by molar-refractivity contribution is -0.131. The highest BCUT2D eigenvalue weighted by Crippen LogP contribution is 2.31. The lowest BCUT2D eigenvalue weighted by atomic mass is 9.98. The van der Waals surface area contributed by atoms with Gasteiger partial charge in [0.25, 0.3) is 0 Å². The van der Waals surface area contributed by atoms with E-state index in [1.165, 1.54) is 10.7 Å². The third kappa shape index (κ3) is 3.96. The summed E-state index contributed by atoms with van der Waals surface area (Å²) in [5.41, 5.74) is 2.15. The Bertz CT molecular complexity index is 653. The quantitative estimate of drug-likeness (QED) is 0.861. The minimum atomic E-state index is 0.198. The van der Waals surface area contributed by atoms with Crippen molar-refractivity contribution in [3.05, 3.63) is 46.2 Å². The molecule has 1 atom stereocenters. The largest absolute Gasteiger partial charge is 0.342 e. The summed E-state index contributed by atoms with van der Waals surface area (Å²) in [7, 11) is 0. The molecule has 122 valence electrons. The van der Waals surface area contributed by atoms with E-state index in [1.54, 1.807) is 23.7 Å². The summed E-state index contributed by atoms with van der Waals surface area (Å²) in [6, 6.07) is 3.84. The zero-order valence-corrected chi connectivity index (χ0v) is 14.6. The summed E-state index contributed by atoms with van der Waals surface area (Å²) in [6.07, 6.45) is 6.13. The van der Waals surface area contributed by atoms with Crippen molar-refractivity contribution >= 4 is 17.2 Å². The van der Waals surface area contributed by atoms with Crippen LogP contribution in [0.2, 0.25) is 0 Å². The highest BCUT2D eigenvalue weighted by Gasteiger charge is 2.26. The molecule has 0 spiro atoms. The number of hydrogen-bond acceptors (Lipinski definition) is 4. The van der Waals surface area contributed by atoms with E-state index in [1.807, 2.05) is 17.0 Å². The van der Waals surface area contributed by atoms with E-state index in [4.69, 9.17) is 4.98 Å². The van der Waals surface area contributed by atoms with Crippen molar-refractivity contribution in [2.45, 2.75) is 44.9 Å². The van der Waals surface area contributed by atoms with E-state index >= 15 is 0 Å². The topological polar surface area (TPSA) is 46.1 Å². The van der Waals surface area contributed by atoms with Gasteiger partial charge >= 0.3 is 0 Å². The predicted octanol–water partition coefficient (Wildman–Crippen LogP) is 3.61. The Hall–Kier alpha value is -1.75. The molecule has 5 heteroatoms. The van der Waals surface area contributed by atoms with Crippen LogP contribution in [0.4, 0.5) is 0 Å². The van der Waals surface area contributed by atoms with E-state index in [0.29, 0.717) is 18.3 Å². The number of pyridine rings is 1. The number of likely N-dealkylation sites (tertiary alicyclic amines) is 1. The number of carbonyl (C=O) groups excluding carboxylic acids is 1. The van der Waals surface area contributed by atoms with Crippen LogP contribution in [0.15, 0.2) is 29.9 Å². The predicted molar refractivity (Wildman–Crippen MR) is 92.7 cm³/mol. The van der Waals surface area contributed by atoms with E-state index in [0.717, 1.165) is 31.5 Å². The Morgan fingerprint density at radius 2 is 2.35 bits per heavy atom. The van der Waals surface area contributed by atoms with Gasteiger partial charge in [0.2, 0.25) is 5.91 Å². The fraction of sp³-hybridized carbons (Fsp3) is 0.500. The minimum absolute atomic E-state index is 0.198. The second-order valence-electron chi connectivity index (χ2n) is 6.48. The molecule has 0 radical (unpaired) electrons. The number of piperidine rings is 1. The average Bonchev–Trinajstić information content (AvgIpc) is 3.06. The second-order valence-corrected chi connectivity index (χ2v) is 7.37. The number of carbonyl (C=O) groups is 1. The van der Waals surface area contributed by atoms with Crippen molar-refractivity contribution in [1.82, 2.24) is 14.9 Å². The molecule has 1 saturated heterocycles. The maximum Gasteiger partial charge on any atom is 0.227 e. The molecule has 1 aliphatic heterocycles. The molecule has 2 aromatic heterocycles. The molecule has 0 aromatic carbocycles. The Morgan fingerprint density at radius 1 is 1.48 bits per heavy atom. The van der Waals surface area contributed by atoms with Crippen LogP contribution in [0.3, 0.4) is 0 Å². The summed E-state index contributed by atoms with van der Waals surface area (Å²) in [4.78, 5) is 23.4. The van der Waals surface area contributed by atoms with Gasteiger partial charge in [0, 0.05) is 36.8 Å². The standard InChI is InChI=1S/C18H23N3OS/c1-13(2)16-12-23-18(20-16)15-6-4-8-21(11-15)17(22)9-14-5-3-7-19-10-14/h3,5,7,10,12-13,15H,4,6,8-9,11H2,1-2H3/t15-/m1/s1. The molecule has 1 amide bonds. The van der Waals surface area contributed by atoms with Gasteiger partial charge in [0.15, 0.2) is 0 Å². The van der Waals surface area contributed by atoms with Crippen LogP contribution >= 0.6 is 11.3 Å². The Balaban J connectivity index is 1.64. The van der Waals surface area contributed by atoms with Crippen LogP contribution in [0.25, 0.3) is 0 Å². The van der Waals surface area contributed by atoms with E-state index in [2.05, 4.69) is 24.2 Å². The maximum absolute atomic E-state index is 12.5. The molecule has 0 unspecified atom stereocenters. The number of hydrogen-bond donors (Lipinski definition) is 0. The first-order chi connectivity index (χ1) is 11.1. The van der Waals surface area contributed by atoms with E-state index < -0.39 is 0 Å². The first kappa shape index (κ1) is 16.1. The van der Waals surface area contributed by atoms with Gasteiger partial charge in [-0.2, -0.15) is 0 Å². The highest BCUT2D eigenvalue weighted by atomic mass is 32.1. The smallest absolute Gasteiger partial charge is 0.227 e. The summed E-state index contributed by atoms with van der Waals surface area (Å²) >= 11 is 1.74. The molecule has 0 bridgehead atoms. The Morgan fingerprint density at radius 3 is 3.04 bits per heavy atom. The van der Waals surface area contributed by atoms with Crippen molar-refractivity contribution < 1.29 is 4.79 Å². The summed E-state index contributed by atoms with van der Waals surface area (Å²) in [5.74, 6) is 1.05. The van der Waals surface area contributed by atoms with Crippen molar-refractivity contribution in [3.8, 4) is 0 Å². The Kier molecular flexibility index (Phi) is 5.06. The number of rotatable bonds is 4. The first-order valence-corrected chi connectivity index (χ1v) is 9.13. The fourth-order valence-corrected chi connectivity index (χ4v) is 4.06. The number of amides is 1. The van der Waals surface area contributed by atoms with Gasteiger partial charge in [-0.15, -0.1) is 11.3 Å². The molecule has 1 fully saturated rings.